The van der Waals surface area contributed by atoms with Crippen molar-refractivity contribution in [3.63, 3.8) is 0 Å². The van der Waals surface area contributed by atoms with Crippen LogP contribution in [0.4, 0.5) is 0 Å². The third kappa shape index (κ3) is 1.60. The molecule has 0 saturated heterocycles. The summed E-state index contributed by atoms with van der Waals surface area (Å²) in [6, 6.07) is 0. The molecule has 3 saturated carbocycles. The molecule has 4 aliphatic rings. The molecule has 1 unspecified atom stereocenters. The van der Waals surface area contributed by atoms with E-state index in [1.54, 1.807) is 0 Å². The minimum Gasteiger partial charge on any atom is -0.381 e. The highest BCUT2D eigenvalue weighted by molar-refractivity contribution is 5.90. The Kier molecular flexibility index (Phi) is 2.81. The molecule has 0 bridgehead atoms. The Hall–Kier alpha value is -0.630. The Morgan fingerprint density at radius 3 is 2.67 bits per heavy atom. The van der Waals surface area contributed by atoms with Crippen molar-refractivity contribution in [2.75, 3.05) is 0 Å². The number of carbonyl (C=O) groups excluding carboxylic acids is 1. The summed E-state index contributed by atoms with van der Waals surface area (Å²) in [6.45, 7) is 4.65. The van der Waals surface area contributed by atoms with Crippen molar-refractivity contribution >= 4 is 5.78 Å². The Morgan fingerprint density at radius 1 is 1.10 bits per heavy atom. The van der Waals surface area contributed by atoms with Gasteiger partial charge in [-0.2, -0.15) is 0 Å². The zero-order valence-corrected chi connectivity index (χ0v) is 13.4. The van der Waals surface area contributed by atoms with Gasteiger partial charge in [-0.3, -0.25) is 4.79 Å². The zero-order chi connectivity index (χ0) is 14.9. The van der Waals surface area contributed by atoms with Gasteiger partial charge in [-0.15, -0.1) is 0 Å². The molecule has 0 aliphatic heterocycles. The minimum atomic E-state index is -1.09. The largest absolute Gasteiger partial charge is 0.381 e. The molecule has 0 aromatic carbocycles. The molecule has 116 valence electrons. The number of fused-ring (bicyclic) bond motifs is 5. The second-order valence-electron chi connectivity index (χ2n) is 8.75. The maximum Gasteiger partial charge on any atom is 0.165 e. The summed E-state index contributed by atoms with van der Waals surface area (Å²) >= 11 is 0. The molecule has 3 fully saturated rings. The lowest BCUT2D eigenvalue weighted by molar-refractivity contribution is -0.190. The first kappa shape index (κ1) is 14.0. The number of Topliss-reactive ketones (excluding diaryl/α,β-unsaturated/α-hetero) is 1. The molecule has 0 aromatic rings. The monoisotopic (exact) mass is 288 g/mol. The van der Waals surface area contributed by atoms with Gasteiger partial charge in [-0.1, -0.05) is 32.4 Å². The molecular formula is C19H28O2. The van der Waals surface area contributed by atoms with Gasteiger partial charge in [0.25, 0.3) is 0 Å². The normalized spacial score (nSPS) is 55.8. The lowest BCUT2D eigenvalue weighted by atomic mass is 9.44. The lowest BCUT2D eigenvalue weighted by Gasteiger charge is -2.61. The standard InChI is InChI=1S/C19H28O2/c1-17-8-5-6-14(17)13-12-16(20)19(21)10-4-3-9-18(19,2)15(13)7-11-17/h3-4,13-15,21H,5-12H2,1-2H3/t13-,14-,15+,17-,18+,19?/m0/s1. The van der Waals surface area contributed by atoms with Gasteiger partial charge in [0, 0.05) is 18.3 Å². The zero-order valence-electron chi connectivity index (χ0n) is 13.4. The van der Waals surface area contributed by atoms with Crippen LogP contribution in [0.2, 0.25) is 0 Å². The molecule has 2 heteroatoms. The van der Waals surface area contributed by atoms with Crippen LogP contribution in [0.5, 0.6) is 0 Å². The van der Waals surface area contributed by atoms with E-state index in [1.807, 2.05) is 6.08 Å². The maximum atomic E-state index is 12.8. The van der Waals surface area contributed by atoms with Crippen molar-refractivity contribution in [1.29, 1.82) is 0 Å². The first-order chi connectivity index (χ1) is 9.91. The summed E-state index contributed by atoms with van der Waals surface area (Å²) in [5, 5.41) is 11.2. The number of rotatable bonds is 0. The molecule has 0 amide bonds. The first-order valence-electron chi connectivity index (χ1n) is 8.81. The van der Waals surface area contributed by atoms with Gasteiger partial charge >= 0.3 is 0 Å². The lowest BCUT2D eigenvalue weighted by Crippen LogP contribution is -2.64. The first-order valence-corrected chi connectivity index (χ1v) is 8.81. The number of ketones is 1. The number of aliphatic hydroxyl groups is 1. The van der Waals surface area contributed by atoms with Crippen molar-refractivity contribution in [3.8, 4) is 0 Å². The van der Waals surface area contributed by atoms with Gasteiger partial charge < -0.3 is 5.11 Å². The summed E-state index contributed by atoms with van der Waals surface area (Å²) < 4.78 is 0. The molecule has 0 aromatic heterocycles. The number of hydrogen-bond acceptors (Lipinski definition) is 2. The van der Waals surface area contributed by atoms with Gasteiger partial charge in [-0.05, 0) is 55.3 Å². The van der Waals surface area contributed by atoms with Crippen LogP contribution in [0, 0.1) is 28.6 Å². The highest BCUT2D eigenvalue weighted by Crippen LogP contribution is 2.65. The van der Waals surface area contributed by atoms with E-state index in [-0.39, 0.29) is 11.2 Å². The number of carbonyl (C=O) groups is 1. The molecule has 21 heavy (non-hydrogen) atoms. The highest BCUT2D eigenvalue weighted by Gasteiger charge is 2.64. The number of allylic oxidation sites excluding steroid dienone is 1. The van der Waals surface area contributed by atoms with Crippen LogP contribution in [0.1, 0.15) is 65.2 Å². The molecule has 4 rings (SSSR count). The van der Waals surface area contributed by atoms with Crippen LogP contribution >= 0.6 is 0 Å². The smallest absolute Gasteiger partial charge is 0.165 e. The Bertz CT molecular complexity index is 510. The van der Waals surface area contributed by atoms with E-state index >= 15 is 0 Å². The maximum absolute atomic E-state index is 12.8. The van der Waals surface area contributed by atoms with E-state index in [2.05, 4.69) is 19.9 Å². The molecular weight excluding hydrogens is 260 g/mol. The molecule has 1 N–H and O–H groups in total. The van der Waals surface area contributed by atoms with Crippen molar-refractivity contribution in [2.24, 2.45) is 28.6 Å². The van der Waals surface area contributed by atoms with Crippen LogP contribution in [-0.2, 0) is 4.79 Å². The van der Waals surface area contributed by atoms with Gasteiger partial charge in [0.1, 0.15) is 5.60 Å². The van der Waals surface area contributed by atoms with E-state index < -0.39 is 5.60 Å². The number of hydrogen-bond donors (Lipinski definition) is 1. The fraction of sp³-hybridized carbons (Fsp3) is 0.842. The van der Waals surface area contributed by atoms with Gasteiger partial charge in [-0.25, -0.2) is 0 Å². The van der Waals surface area contributed by atoms with Crippen molar-refractivity contribution < 1.29 is 9.90 Å². The molecule has 6 atom stereocenters. The average molecular weight is 288 g/mol. The quantitative estimate of drug-likeness (QED) is 0.687. The van der Waals surface area contributed by atoms with E-state index in [9.17, 15) is 9.90 Å². The molecule has 0 heterocycles. The van der Waals surface area contributed by atoms with Crippen molar-refractivity contribution in [2.45, 2.75) is 70.8 Å². The van der Waals surface area contributed by atoms with E-state index in [0.717, 1.165) is 6.42 Å². The minimum absolute atomic E-state index is 0.131. The Labute approximate surface area is 128 Å². The van der Waals surface area contributed by atoms with Crippen molar-refractivity contribution in [1.82, 2.24) is 0 Å². The van der Waals surface area contributed by atoms with Crippen LogP contribution in [0.15, 0.2) is 12.2 Å². The molecule has 0 spiro atoms. The van der Waals surface area contributed by atoms with Crippen LogP contribution < -0.4 is 0 Å². The summed E-state index contributed by atoms with van der Waals surface area (Å²) in [6.07, 6.45) is 12.7. The second kappa shape index (κ2) is 4.22. The van der Waals surface area contributed by atoms with Crippen LogP contribution in [0.3, 0.4) is 0 Å². The van der Waals surface area contributed by atoms with E-state index in [0.29, 0.717) is 36.0 Å². The Morgan fingerprint density at radius 2 is 1.86 bits per heavy atom. The summed E-state index contributed by atoms with van der Waals surface area (Å²) in [4.78, 5) is 12.8. The third-order valence-corrected chi connectivity index (χ3v) is 7.99. The van der Waals surface area contributed by atoms with Gasteiger partial charge in [0.15, 0.2) is 5.78 Å². The van der Waals surface area contributed by atoms with Crippen molar-refractivity contribution in [3.05, 3.63) is 12.2 Å². The molecule has 2 nitrogen and oxygen atoms in total. The predicted molar refractivity (Wildman–Crippen MR) is 82.7 cm³/mol. The topological polar surface area (TPSA) is 37.3 Å². The average Bonchev–Trinajstić information content (AvgIpc) is 2.83. The Balaban J connectivity index is 1.76. The predicted octanol–water partition coefficient (Wildman–Crippen LogP) is 3.88. The van der Waals surface area contributed by atoms with Gasteiger partial charge in [0.05, 0.1) is 0 Å². The summed E-state index contributed by atoms with van der Waals surface area (Å²) in [7, 11) is 0. The van der Waals surface area contributed by atoms with E-state index in [4.69, 9.17) is 0 Å². The fourth-order valence-corrected chi connectivity index (χ4v) is 6.61. The molecule has 0 radical (unpaired) electrons. The van der Waals surface area contributed by atoms with E-state index in [1.165, 1.54) is 32.1 Å². The van der Waals surface area contributed by atoms with Crippen LogP contribution in [0.25, 0.3) is 0 Å². The second-order valence-corrected chi connectivity index (χ2v) is 8.75. The summed E-state index contributed by atoms with van der Waals surface area (Å²) in [5.41, 5.74) is -0.849. The van der Waals surface area contributed by atoms with Crippen LogP contribution in [-0.4, -0.2) is 16.5 Å². The SMILES string of the molecule is C[C@@]12CCC[C@H]1[C@@H]1CC(=O)C3(O)CC=CC[C@]3(C)[C@@H]1CC2. The van der Waals surface area contributed by atoms with Gasteiger partial charge in [0.2, 0.25) is 0 Å². The highest BCUT2D eigenvalue weighted by atomic mass is 16.3. The third-order valence-electron chi connectivity index (χ3n) is 7.99. The summed E-state index contributed by atoms with van der Waals surface area (Å²) in [5.74, 6) is 1.90. The molecule has 4 aliphatic carbocycles. The fourth-order valence-electron chi connectivity index (χ4n) is 6.61.